The molecular weight excluding hydrogens is 501 g/mol. The number of hydrogen-bond donors (Lipinski definition) is 2. The number of nitrogens with one attached hydrogen (secondary N) is 2. The monoisotopic (exact) mass is 529 g/mol. The van der Waals surface area contributed by atoms with Crippen molar-refractivity contribution in [1.29, 1.82) is 0 Å². The maximum atomic E-state index is 4.46. The summed E-state index contributed by atoms with van der Waals surface area (Å²) in [4.78, 5) is 8.76. The van der Waals surface area contributed by atoms with Crippen molar-refractivity contribution in [2.75, 3.05) is 13.6 Å². The highest BCUT2D eigenvalue weighted by Gasteiger charge is 2.03. The first-order valence-electron chi connectivity index (χ1n) is 10.2. The third-order valence-electron chi connectivity index (χ3n) is 5.00. The molecule has 0 bridgehead atoms. The van der Waals surface area contributed by atoms with Gasteiger partial charge in [0.2, 0.25) is 0 Å². The second-order valence-electron chi connectivity index (χ2n) is 7.15. The minimum atomic E-state index is 0. The molecule has 0 saturated heterocycles. The van der Waals surface area contributed by atoms with Crippen LogP contribution < -0.4 is 10.6 Å². The summed E-state index contributed by atoms with van der Waals surface area (Å²) >= 11 is 0. The average Bonchev–Trinajstić information content (AvgIpc) is 3.45. The molecule has 31 heavy (non-hydrogen) atoms. The Bertz CT molecular complexity index is 1080. The molecule has 7 nitrogen and oxygen atoms in total. The fourth-order valence-corrected chi connectivity index (χ4v) is 3.38. The van der Waals surface area contributed by atoms with Gasteiger partial charge in [-0.15, -0.1) is 24.0 Å². The molecule has 2 heterocycles. The number of hydrogen-bond acceptors (Lipinski definition) is 3. The number of imidazole rings is 1. The van der Waals surface area contributed by atoms with Gasteiger partial charge in [0.25, 0.3) is 0 Å². The summed E-state index contributed by atoms with van der Waals surface area (Å²) < 4.78 is 4.11. The number of halogens is 1. The highest BCUT2D eigenvalue weighted by atomic mass is 127. The summed E-state index contributed by atoms with van der Waals surface area (Å²) in [5.41, 5.74) is 4.66. The lowest BCUT2D eigenvalue weighted by Crippen LogP contribution is -2.37. The summed E-state index contributed by atoms with van der Waals surface area (Å²) in [6, 6.07) is 18.8. The molecule has 0 aliphatic heterocycles. The average molecular weight is 529 g/mol. The maximum absolute atomic E-state index is 4.46. The lowest BCUT2D eigenvalue weighted by molar-refractivity contribution is 0.570. The van der Waals surface area contributed by atoms with E-state index in [9.17, 15) is 0 Å². The van der Waals surface area contributed by atoms with Gasteiger partial charge in [0.05, 0.1) is 17.4 Å². The summed E-state index contributed by atoms with van der Waals surface area (Å²) in [5.74, 6) is 0.810. The summed E-state index contributed by atoms with van der Waals surface area (Å²) in [5, 5.41) is 10.9. The Hall–Kier alpha value is -2.88. The van der Waals surface area contributed by atoms with Crippen LogP contribution in [-0.4, -0.2) is 38.9 Å². The SMILES string of the molecule is CN=C(NCCCn1cccn1)NCc1ccc(Cn2cnc3ccccc32)cc1.I. The fourth-order valence-electron chi connectivity index (χ4n) is 3.38. The number of benzene rings is 2. The zero-order valence-electron chi connectivity index (χ0n) is 17.6. The van der Waals surface area contributed by atoms with E-state index in [1.807, 2.05) is 41.5 Å². The van der Waals surface area contributed by atoms with E-state index in [0.717, 1.165) is 49.6 Å². The molecule has 0 spiro atoms. The summed E-state index contributed by atoms with van der Waals surface area (Å²) in [6.45, 7) is 3.28. The van der Waals surface area contributed by atoms with Crippen LogP contribution in [0.25, 0.3) is 11.0 Å². The molecule has 0 amide bonds. The molecule has 8 heteroatoms. The Kier molecular flexibility index (Phi) is 8.45. The van der Waals surface area contributed by atoms with Crippen LogP contribution in [0.3, 0.4) is 0 Å². The zero-order valence-corrected chi connectivity index (χ0v) is 19.9. The molecule has 0 unspecified atom stereocenters. The van der Waals surface area contributed by atoms with Gasteiger partial charge < -0.3 is 15.2 Å². The van der Waals surface area contributed by atoms with Gasteiger partial charge in [-0.1, -0.05) is 36.4 Å². The minimum Gasteiger partial charge on any atom is -0.356 e. The summed E-state index contributed by atoms with van der Waals surface area (Å²) in [6.07, 6.45) is 6.67. The molecule has 2 aromatic heterocycles. The highest BCUT2D eigenvalue weighted by Crippen LogP contribution is 2.14. The van der Waals surface area contributed by atoms with Crippen LogP contribution >= 0.6 is 24.0 Å². The normalized spacial score (nSPS) is 11.3. The van der Waals surface area contributed by atoms with Gasteiger partial charge >= 0.3 is 0 Å². The number of aryl methyl sites for hydroxylation is 1. The van der Waals surface area contributed by atoms with Gasteiger partial charge in [0, 0.05) is 45.6 Å². The number of nitrogens with zero attached hydrogens (tertiary/aromatic N) is 5. The van der Waals surface area contributed by atoms with Crippen molar-refractivity contribution in [3.05, 3.63) is 84.4 Å². The highest BCUT2D eigenvalue weighted by molar-refractivity contribution is 14.0. The number of rotatable bonds is 8. The van der Waals surface area contributed by atoms with E-state index >= 15 is 0 Å². The van der Waals surface area contributed by atoms with Crippen molar-refractivity contribution in [2.24, 2.45) is 4.99 Å². The van der Waals surface area contributed by atoms with Crippen molar-refractivity contribution < 1.29 is 0 Å². The standard InChI is InChI=1S/C23H27N7.HI/c1-24-23(25-12-4-14-30-15-5-13-28-30)26-16-19-8-10-20(11-9-19)17-29-18-27-21-6-2-3-7-22(21)29;/h2-3,5-11,13,15,18H,4,12,14,16-17H2,1H3,(H2,24,25,26);1H. The van der Waals surface area contributed by atoms with Crippen molar-refractivity contribution in [3.8, 4) is 0 Å². The quantitative estimate of drug-likeness (QED) is 0.158. The molecule has 162 valence electrons. The molecule has 4 aromatic rings. The van der Waals surface area contributed by atoms with Crippen LogP contribution in [0.5, 0.6) is 0 Å². The lowest BCUT2D eigenvalue weighted by atomic mass is 10.1. The molecule has 2 aromatic carbocycles. The smallest absolute Gasteiger partial charge is 0.191 e. The van der Waals surface area contributed by atoms with E-state index in [1.54, 1.807) is 13.2 Å². The van der Waals surface area contributed by atoms with Crippen LogP contribution in [0.15, 0.2) is 78.3 Å². The van der Waals surface area contributed by atoms with Crippen LogP contribution in [0.1, 0.15) is 17.5 Å². The van der Waals surface area contributed by atoms with Gasteiger partial charge in [-0.25, -0.2) is 4.98 Å². The van der Waals surface area contributed by atoms with Crippen LogP contribution in [0.4, 0.5) is 0 Å². The number of guanidine groups is 1. The minimum absolute atomic E-state index is 0. The van der Waals surface area contributed by atoms with Crippen LogP contribution in [-0.2, 0) is 19.6 Å². The van der Waals surface area contributed by atoms with Gasteiger partial charge in [-0.3, -0.25) is 9.67 Å². The van der Waals surface area contributed by atoms with Gasteiger partial charge in [0.15, 0.2) is 5.96 Å². The topological polar surface area (TPSA) is 72.1 Å². The lowest BCUT2D eigenvalue weighted by Gasteiger charge is -2.12. The number of fused-ring (bicyclic) bond motifs is 1. The van der Waals surface area contributed by atoms with Crippen molar-refractivity contribution in [3.63, 3.8) is 0 Å². The number of aliphatic imine (C=N–C) groups is 1. The maximum Gasteiger partial charge on any atom is 0.191 e. The molecule has 2 N–H and O–H groups in total. The molecule has 0 radical (unpaired) electrons. The zero-order chi connectivity index (χ0) is 20.6. The number of para-hydroxylation sites is 2. The number of aromatic nitrogens is 4. The molecular formula is C23H28IN7. The molecule has 0 saturated carbocycles. The van der Waals surface area contributed by atoms with Gasteiger partial charge in [-0.2, -0.15) is 5.10 Å². The molecule has 0 aliphatic rings. The summed E-state index contributed by atoms with van der Waals surface area (Å²) in [7, 11) is 1.79. The Morgan fingerprint density at radius 2 is 1.81 bits per heavy atom. The van der Waals surface area contributed by atoms with E-state index in [2.05, 4.69) is 60.6 Å². The van der Waals surface area contributed by atoms with E-state index < -0.39 is 0 Å². The van der Waals surface area contributed by atoms with E-state index in [-0.39, 0.29) is 24.0 Å². The van der Waals surface area contributed by atoms with Gasteiger partial charge in [-0.05, 0) is 35.7 Å². The molecule has 4 rings (SSSR count). The van der Waals surface area contributed by atoms with Crippen molar-refractivity contribution in [2.45, 2.75) is 26.1 Å². The van der Waals surface area contributed by atoms with E-state index in [0.29, 0.717) is 0 Å². The van der Waals surface area contributed by atoms with Crippen LogP contribution in [0.2, 0.25) is 0 Å². The fraction of sp³-hybridized carbons (Fsp3) is 0.261. The molecule has 0 aliphatic carbocycles. The van der Waals surface area contributed by atoms with E-state index in [4.69, 9.17) is 0 Å². The van der Waals surface area contributed by atoms with Crippen LogP contribution in [0, 0.1) is 0 Å². The van der Waals surface area contributed by atoms with Gasteiger partial charge in [0.1, 0.15) is 0 Å². The van der Waals surface area contributed by atoms with Crippen molar-refractivity contribution in [1.82, 2.24) is 30.0 Å². The Morgan fingerprint density at radius 1 is 1.00 bits per heavy atom. The second kappa shape index (κ2) is 11.5. The molecule has 0 atom stereocenters. The first kappa shape index (κ1) is 22.8. The molecule has 0 fully saturated rings. The second-order valence-corrected chi connectivity index (χ2v) is 7.15. The predicted octanol–water partition coefficient (Wildman–Crippen LogP) is 3.65. The Morgan fingerprint density at radius 3 is 2.58 bits per heavy atom. The van der Waals surface area contributed by atoms with E-state index in [1.165, 1.54) is 11.1 Å². The Labute approximate surface area is 199 Å². The first-order valence-corrected chi connectivity index (χ1v) is 10.2. The third kappa shape index (κ3) is 6.30. The Balaban J connectivity index is 0.00000272. The predicted molar refractivity (Wildman–Crippen MR) is 136 cm³/mol. The first-order chi connectivity index (χ1) is 14.8. The van der Waals surface area contributed by atoms with Crippen molar-refractivity contribution >= 4 is 41.0 Å². The third-order valence-corrected chi connectivity index (χ3v) is 5.00. The largest absolute Gasteiger partial charge is 0.356 e.